The lowest BCUT2D eigenvalue weighted by molar-refractivity contribution is 0.222. The van der Waals surface area contributed by atoms with Crippen molar-refractivity contribution in [1.29, 1.82) is 0 Å². The number of allylic oxidation sites excluding steroid dienone is 6. The molecule has 118 valence electrons. The van der Waals surface area contributed by atoms with Crippen molar-refractivity contribution in [3.05, 3.63) is 46.6 Å². The summed E-state index contributed by atoms with van der Waals surface area (Å²) in [4.78, 5) is 0. The first-order valence-corrected chi connectivity index (χ1v) is 8.25. The molecule has 21 heavy (non-hydrogen) atoms. The van der Waals surface area contributed by atoms with E-state index in [0.29, 0.717) is 5.92 Å². The molecule has 0 saturated heterocycles. The first-order valence-electron chi connectivity index (χ1n) is 8.25. The third-order valence-electron chi connectivity index (χ3n) is 4.17. The van der Waals surface area contributed by atoms with E-state index in [2.05, 4.69) is 52.8 Å². The van der Waals surface area contributed by atoms with Crippen LogP contribution in [0.25, 0.3) is 0 Å². The standard InChI is InChI=1S/C20H32O/c1-15(2)19-11-9-16(3)7-6-8-17(4)13-20(21)14-18(5)10-12-19/h8-9,11,14-15,20-21H,6-7,10,12-13H2,1-5H3/b16-9-,17-8+,18-14+,19-11-. The van der Waals surface area contributed by atoms with E-state index in [1.165, 1.54) is 22.3 Å². The van der Waals surface area contributed by atoms with Crippen LogP contribution in [0.2, 0.25) is 0 Å². The third-order valence-corrected chi connectivity index (χ3v) is 4.17. The fourth-order valence-electron chi connectivity index (χ4n) is 2.67. The van der Waals surface area contributed by atoms with Crippen molar-refractivity contribution in [1.82, 2.24) is 0 Å². The highest BCUT2D eigenvalue weighted by atomic mass is 16.3. The topological polar surface area (TPSA) is 20.2 Å². The summed E-state index contributed by atoms with van der Waals surface area (Å²) in [5.74, 6) is 0.585. The Bertz CT molecular complexity index is 446. The van der Waals surface area contributed by atoms with Crippen LogP contribution >= 0.6 is 0 Å². The lowest BCUT2D eigenvalue weighted by Crippen LogP contribution is -2.04. The van der Waals surface area contributed by atoms with E-state index in [0.717, 1.165) is 32.1 Å². The van der Waals surface area contributed by atoms with Crippen molar-refractivity contribution in [2.24, 2.45) is 5.92 Å². The molecule has 1 unspecified atom stereocenters. The monoisotopic (exact) mass is 288 g/mol. The molecule has 0 bridgehead atoms. The Balaban J connectivity index is 2.95. The second-order valence-electron chi connectivity index (χ2n) is 6.78. The lowest BCUT2D eigenvalue weighted by Gasteiger charge is -2.13. The first-order chi connectivity index (χ1) is 9.88. The Hall–Kier alpha value is -1.08. The molecule has 0 saturated carbocycles. The van der Waals surface area contributed by atoms with E-state index < -0.39 is 0 Å². The zero-order valence-electron chi connectivity index (χ0n) is 14.4. The van der Waals surface area contributed by atoms with E-state index in [4.69, 9.17) is 0 Å². The normalized spacial score (nSPS) is 32.8. The van der Waals surface area contributed by atoms with Crippen LogP contribution in [0.4, 0.5) is 0 Å². The van der Waals surface area contributed by atoms with E-state index in [1.807, 2.05) is 6.08 Å². The minimum Gasteiger partial charge on any atom is -0.389 e. The molecule has 1 rings (SSSR count). The maximum Gasteiger partial charge on any atom is 0.0760 e. The van der Waals surface area contributed by atoms with Crippen molar-refractivity contribution >= 4 is 0 Å². The summed E-state index contributed by atoms with van der Waals surface area (Å²) in [6, 6.07) is 0. The quantitative estimate of drug-likeness (QED) is 0.611. The Morgan fingerprint density at radius 1 is 0.952 bits per heavy atom. The SMILES string of the molecule is C/C1=C/C=C(\C(C)C)CC/C(C)=C/C(O)C/C(C)=C/CC1. The van der Waals surface area contributed by atoms with Crippen LogP contribution in [0.5, 0.6) is 0 Å². The molecule has 0 spiro atoms. The third kappa shape index (κ3) is 7.47. The lowest BCUT2D eigenvalue weighted by atomic mass is 9.94. The van der Waals surface area contributed by atoms with Crippen LogP contribution in [-0.4, -0.2) is 11.2 Å². The zero-order chi connectivity index (χ0) is 15.8. The van der Waals surface area contributed by atoms with Crippen LogP contribution in [0.15, 0.2) is 46.6 Å². The second kappa shape index (κ2) is 9.04. The summed E-state index contributed by atoms with van der Waals surface area (Å²) in [6.45, 7) is 11.0. The van der Waals surface area contributed by atoms with Crippen LogP contribution < -0.4 is 0 Å². The van der Waals surface area contributed by atoms with Gasteiger partial charge in [0.05, 0.1) is 6.10 Å². The molecule has 0 aromatic carbocycles. The van der Waals surface area contributed by atoms with Crippen LogP contribution in [-0.2, 0) is 0 Å². The molecular formula is C20H32O. The highest BCUT2D eigenvalue weighted by Crippen LogP contribution is 2.21. The summed E-state index contributed by atoms with van der Waals surface area (Å²) < 4.78 is 0. The average Bonchev–Trinajstić information content (AvgIpc) is 2.36. The Morgan fingerprint density at radius 3 is 2.33 bits per heavy atom. The minimum absolute atomic E-state index is 0.340. The number of aliphatic hydroxyl groups excluding tert-OH is 1. The number of rotatable bonds is 1. The molecule has 0 aliphatic heterocycles. The van der Waals surface area contributed by atoms with Gasteiger partial charge in [-0.25, -0.2) is 0 Å². The smallest absolute Gasteiger partial charge is 0.0760 e. The van der Waals surface area contributed by atoms with Gasteiger partial charge in [-0.05, 0) is 58.8 Å². The summed E-state index contributed by atoms with van der Waals surface area (Å²) in [5, 5.41) is 10.1. The van der Waals surface area contributed by atoms with Crippen LogP contribution in [0.3, 0.4) is 0 Å². The van der Waals surface area contributed by atoms with Crippen LogP contribution in [0.1, 0.15) is 66.7 Å². The maximum atomic E-state index is 10.1. The molecular weight excluding hydrogens is 256 g/mol. The van der Waals surface area contributed by atoms with Gasteiger partial charge in [-0.3, -0.25) is 0 Å². The molecule has 0 radical (unpaired) electrons. The van der Waals surface area contributed by atoms with Gasteiger partial charge in [0.1, 0.15) is 0 Å². The van der Waals surface area contributed by atoms with Gasteiger partial charge in [-0.2, -0.15) is 0 Å². The van der Waals surface area contributed by atoms with Gasteiger partial charge in [0.15, 0.2) is 0 Å². The Kier molecular flexibility index (Phi) is 7.74. The van der Waals surface area contributed by atoms with Crippen LogP contribution in [0, 0.1) is 5.92 Å². The Labute approximate surface area is 131 Å². The predicted octanol–water partition coefficient (Wildman–Crippen LogP) is 5.73. The summed E-state index contributed by atoms with van der Waals surface area (Å²) in [5.41, 5.74) is 5.51. The molecule has 1 atom stereocenters. The van der Waals surface area contributed by atoms with Crippen molar-refractivity contribution in [3.8, 4) is 0 Å². The summed E-state index contributed by atoms with van der Waals surface area (Å²) in [6.07, 6.45) is 13.6. The van der Waals surface area contributed by atoms with Gasteiger partial charge in [-0.15, -0.1) is 0 Å². The second-order valence-corrected chi connectivity index (χ2v) is 6.78. The molecule has 1 heteroatoms. The highest BCUT2D eigenvalue weighted by Gasteiger charge is 2.06. The van der Waals surface area contributed by atoms with Crippen molar-refractivity contribution < 1.29 is 5.11 Å². The molecule has 1 aliphatic carbocycles. The number of aliphatic hydroxyl groups is 1. The van der Waals surface area contributed by atoms with Crippen molar-refractivity contribution in [2.75, 3.05) is 0 Å². The van der Waals surface area contributed by atoms with Gasteiger partial charge in [0, 0.05) is 0 Å². The Morgan fingerprint density at radius 2 is 1.67 bits per heavy atom. The largest absolute Gasteiger partial charge is 0.389 e. The molecule has 0 fully saturated rings. The summed E-state index contributed by atoms with van der Waals surface area (Å²) in [7, 11) is 0. The fourth-order valence-corrected chi connectivity index (χ4v) is 2.67. The molecule has 0 aromatic rings. The molecule has 1 aliphatic rings. The van der Waals surface area contributed by atoms with E-state index in [-0.39, 0.29) is 6.10 Å². The molecule has 0 aromatic heterocycles. The van der Waals surface area contributed by atoms with Crippen molar-refractivity contribution in [3.63, 3.8) is 0 Å². The molecule has 1 N–H and O–H groups in total. The first kappa shape index (κ1) is 18.0. The fraction of sp³-hybridized carbons (Fsp3) is 0.600. The molecule has 0 heterocycles. The summed E-state index contributed by atoms with van der Waals surface area (Å²) >= 11 is 0. The highest BCUT2D eigenvalue weighted by molar-refractivity contribution is 5.20. The van der Waals surface area contributed by atoms with Gasteiger partial charge in [0.25, 0.3) is 0 Å². The van der Waals surface area contributed by atoms with Gasteiger partial charge in [-0.1, -0.05) is 60.4 Å². The minimum atomic E-state index is -0.340. The maximum absolute atomic E-state index is 10.1. The predicted molar refractivity (Wildman–Crippen MR) is 93.3 cm³/mol. The molecule has 0 amide bonds. The van der Waals surface area contributed by atoms with E-state index >= 15 is 0 Å². The zero-order valence-corrected chi connectivity index (χ0v) is 14.4. The molecule has 1 nitrogen and oxygen atoms in total. The average molecular weight is 288 g/mol. The van der Waals surface area contributed by atoms with Gasteiger partial charge < -0.3 is 5.11 Å². The van der Waals surface area contributed by atoms with Gasteiger partial charge in [0.2, 0.25) is 0 Å². The van der Waals surface area contributed by atoms with Crippen molar-refractivity contribution in [2.45, 2.75) is 72.8 Å². The number of hydrogen-bond donors (Lipinski definition) is 1. The number of hydrogen-bond acceptors (Lipinski definition) is 1. The van der Waals surface area contributed by atoms with Gasteiger partial charge >= 0.3 is 0 Å². The van der Waals surface area contributed by atoms with E-state index in [9.17, 15) is 5.11 Å². The van der Waals surface area contributed by atoms with E-state index in [1.54, 1.807) is 0 Å².